The predicted octanol–water partition coefficient (Wildman–Crippen LogP) is 4.85. The third-order valence-electron chi connectivity index (χ3n) is 9.61. The van der Waals surface area contributed by atoms with E-state index in [0.29, 0.717) is 46.4 Å². The normalized spacial score (nSPS) is 31.4. The number of carbonyl (C=O) groups is 4. The third kappa shape index (κ3) is 6.33. The number of para-hydroxylation sites is 1. The van der Waals surface area contributed by atoms with Gasteiger partial charge in [-0.25, -0.2) is 0 Å². The number of nitrogens with zero attached hydrogens (tertiary/aromatic N) is 2. The Labute approximate surface area is 293 Å². The highest BCUT2D eigenvalue weighted by Crippen LogP contribution is 2.59. The zero-order chi connectivity index (χ0) is 34.0. The number of benzene rings is 2. The van der Waals surface area contributed by atoms with Crippen LogP contribution in [-0.4, -0.2) is 77.2 Å². The van der Waals surface area contributed by atoms with Gasteiger partial charge < -0.3 is 29.7 Å². The molecule has 3 amide bonds. The second-order valence-corrected chi connectivity index (χ2v) is 14.0. The lowest BCUT2D eigenvalue weighted by Gasteiger charge is -2.36. The van der Waals surface area contributed by atoms with Crippen molar-refractivity contribution in [2.75, 3.05) is 24.6 Å². The number of unbranched alkanes of at least 4 members (excludes halogenated alkanes) is 2. The van der Waals surface area contributed by atoms with Gasteiger partial charge in [-0.15, -0.1) is 0 Å². The fraction of sp³-hybridized carbons (Fsp3) is 0.444. The summed E-state index contributed by atoms with van der Waals surface area (Å²) in [5.74, 6) is -3.72. The summed E-state index contributed by atoms with van der Waals surface area (Å²) in [5.41, 5.74) is -0.294. The fourth-order valence-corrected chi connectivity index (χ4v) is 8.40. The molecule has 6 rings (SSSR count). The Balaban J connectivity index is 1.46. The molecule has 4 heterocycles. The van der Waals surface area contributed by atoms with E-state index < -0.39 is 53.6 Å². The zero-order valence-electron chi connectivity index (χ0n) is 26.6. The number of fused-ring (bicyclic) bond motifs is 2. The Bertz CT molecular complexity index is 1620. The van der Waals surface area contributed by atoms with E-state index in [1.54, 1.807) is 37.3 Å². The first-order chi connectivity index (χ1) is 23.2. The Morgan fingerprint density at radius 1 is 0.979 bits per heavy atom. The number of halogens is 2. The van der Waals surface area contributed by atoms with E-state index in [0.717, 1.165) is 0 Å². The molecule has 0 unspecified atom stereocenters. The number of amides is 3. The van der Waals surface area contributed by atoms with Gasteiger partial charge in [0.15, 0.2) is 0 Å². The molecule has 0 aliphatic carbocycles. The number of cyclic esters (lactones) is 1. The molecule has 1 spiro atoms. The molecule has 0 saturated carbocycles. The van der Waals surface area contributed by atoms with Gasteiger partial charge in [-0.05, 0) is 56.4 Å². The van der Waals surface area contributed by atoms with Gasteiger partial charge in [0.2, 0.25) is 11.8 Å². The summed E-state index contributed by atoms with van der Waals surface area (Å²) in [6.07, 6.45) is 6.09. The van der Waals surface area contributed by atoms with E-state index in [1.807, 2.05) is 42.5 Å². The van der Waals surface area contributed by atoms with Crippen molar-refractivity contribution in [3.63, 3.8) is 0 Å². The first kappa shape index (κ1) is 34.4. The Morgan fingerprint density at radius 3 is 2.48 bits per heavy atom. The average molecular weight is 741 g/mol. The van der Waals surface area contributed by atoms with Crippen LogP contribution in [0.25, 0.3) is 0 Å². The van der Waals surface area contributed by atoms with Crippen molar-refractivity contribution in [3.8, 4) is 0 Å². The molecule has 12 heteroatoms. The summed E-state index contributed by atoms with van der Waals surface area (Å²) in [6.45, 7) is 2.16. The molecule has 0 radical (unpaired) electrons. The number of aliphatic hydroxyl groups is 1. The molecule has 2 saturated heterocycles. The lowest BCUT2D eigenvalue weighted by atomic mass is 9.74. The molecule has 4 aliphatic heterocycles. The summed E-state index contributed by atoms with van der Waals surface area (Å²) in [4.78, 5) is 59.9. The lowest BCUT2D eigenvalue weighted by molar-refractivity contribution is -0.161. The number of aliphatic hydroxyl groups excluding tert-OH is 1. The van der Waals surface area contributed by atoms with Crippen LogP contribution in [0.1, 0.15) is 50.7 Å². The number of likely N-dealkylation sites (tertiary alicyclic amines) is 1. The van der Waals surface area contributed by atoms with Crippen molar-refractivity contribution < 1.29 is 33.8 Å². The van der Waals surface area contributed by atoms with Crippen molar-refractivity contribution >= 4 is 56.9 Å². The maximum atomic E-state index is 14.9. The van der Waals surface area contributed by atoms with Gasteiger partial charge in [0.25, 0.3) is 5.91 Å². The van der Waals surface area contributed by atoms with Crippen molar-refractivity contribution in [1.82, 2.24) is 10.2 Å². The quantitative estimate of drug-likeness (QED) is 0.236. The Morgan fingerprint density at radius 2 is 1.73 bits per heavy atom. The summed E-state index contributed by atoms with van der Waals surface area (Å²) >= 11 is 10.2. The number of nitrogens with one attached hydrogen (secondary N) is 1. The second kappa shape index (κ2) is 14.5. The first-order valence-corrected chi connectivity index (χ1v) is 17.6. The number of rotatable bonds is 7. The van der Waals surface area contributed by atoms with Gasteiger partial charge >= 0.3 is 5.97 Å². The van der Waals surface area contributed by atoms with Crippen molar-refractivity contribution in [3.05, 3.63) is 87.9 Å². The molecule has 0 aromatic heterocycles. The summed E-state index contributed by atoms with van der Waals surface area (Å²) in [7, 11) is 0. The topological polar surface area (TPSA) is 125 Å². The standard InChI is InChI=1S/C36H39BrClN3O7/c1-22-30(23-13-5-2-6-14-23)47-35(46)28-29-33(44)41(19-11-4-12-20-42)32(36(29)21-24(37)31(28)48-36)34(45)40(26-16-9-8-15-25(26)38)18-10-3-7-17-27(43)39-22/h2-3,5-6,8-10,13-16,21-22,28-32,42H,4,7,11-12,17-20H2,1H3,(H,39,43)/b10-3-/t22-,28+,29-,30+,31+,32+,36-/m1/s1. The minimum absolute atomic E-state index is 0.0192. The first-order valence-electron chi connectivity index (χ1n) is 16.4. The van der Waals surface area contributed by atoms with E-state index in [4.69, 9.17) is 21.1 Å². The number of anilines is 1. The molecule has 2 aromatic rings. The van der Waals surface area contributed by atoms with E-state index in [9.17, 15) is 24.3 Å². The monoisotopic (exact) mass is 739 g/mol. The van der Waals surface area contributed by atoms with Crippen LogP contribution in [0.15, 0.2) is 77.3 Å². The average Bonchev–Trinajstić information content (AvgIpc) is 3.66. The summed E-state index contributed by atoms with van der Waals surface area (Å²) in [5, 5.41) is 12.7. The molecular formula is C36H39BrClN3O7. The number of allylic oxidation sites excluding steroid dienone is 1. The molecular weight excluding hydrogens is 702 g/mol. The van der Waals surface area contributed by atoms with Crippen molar-refractivity contribution in [1.29, 1.82) is 0 Å². The molecule has 4 aliphatic rings. The van der Waals surface area contributed by atoms with Crippen LogP contribution in [0, 0.1) is 11.8 Å². The van der Waals surface area contributed by atoms with E-state index in [1.165, 1.54) is 9.80 Å². The van der Waals surface area contributed by atoms with Gasteiger partial charge in [-0.2, -0.15) is 0 Å². The van der Waals surface area contributed by atoms with Crippen molar-refractivity contribution in [2.45, 2.75) is 68.9 Å². The van der Waals surface area contributed by atoms with Gasteiger partial charge in [-0.3, -0.25) is 19.2 Å². The molecule has 2 N–H and O–H groups in total. The molecule has 7 atom stereocenters. The van der Waals surface area contributed by atoms with Crippen LogP contribution in [0.4, 0.5) is 5.69 Å². The van der Waals surface area contributed by atoms with Gasteiger partial charge in [0.1, 0.15) is 29.8 Å². The Kier molecular flexibility index (Phi) is 10.4. The van der Waals surface area contributed by atoms with Crippen LogP contribution >= 0.6 is 27.5 Å². The number of hydrogen-bond donors (Lipinski definition) is 2. The summed E-state index contributed by atoms with van der Waals surface area (Å²) < 4.78 is 13.4. The van der Waals surface area contributed by atoms with Crippen LogP contribution in [-0.2, 0) is 28.7 Å². The molecule has 2 fully saturated rings. The predicted molar refractivity (Wildman–Crippen MR) is 183 cm³/mol. The van der Waals surface area contributed by atoms with E-state index in [2.05, 4.69) is 21.2 Å². The van der Waals surface area contributed by atoms with Crippen LogP contribution in [0.2, 0.25) is 5.02 Å². The van der Waals surface area contributed by atoms with E-state index >= 15 is 0 Å². The smallest absolute Gasteiger partial charge is 0.313 e. The number of esters is 1. The maximum absolute atomic E-state index is 14.9. The van der Waals surface area contributed by atoms with Crippen LogP contribution in [0.3, 0.4) is 0 Å². The minimum Gasteiger partial charge on any atom is -0.455 e. The largest absolute Gasteiger partial charge is 0.455 e. The highest BCUT2D eigenvalue weighted by atomic mass is 79.9. The number of ether oxygens (including phenoxy) is 2. The fourth-order valence-electron chi connectivity index (χ4n) is 7.42. The van der Waals surface area contributed by atoms with E-state index in [-0.39, 0.29) is 37.9 Å². The van der Waals surface area contributed by atoms with Gasteiger partial charge in [-0.1, -0.05) is 82.1 Å². The SMILES string of the molecule is C[C@H]1NC(=O)CC/C=C\CN(c2ccccc2Cl)C(=O)[C@@H]2N(CCCCCO)C(=O)[C@H]3[C@H](C(=O)O[C@@H]1c1ccccc1)[C@H]1O[C@@]23C=C1Br. The molecule has 5 bridgehead atoms. The molecule has 2 aromatic carbocycles. The van der Waals surface area contributed by atoms with Gasteiger partial charge in [0, 0.05) is 30.6 Å². The minimum atomic E-state index is -1.45. The highest BCUT2D eigenvalue weighted by Gasteiger charge is 2.75. The second-order valence-electron chi connectivity index (χ2n) is 12.7. The zero-order valence-corrected chi connectivity index (χ0v) is 28.9. The van der Waals surface area contributed by atoms with Crippen LogP contribution < -0.4 is 10.2 Å². The molecule has 48 heavy (non-hydrogen) atoms. The third-order valence-corrected chi connectivity index (χ3v) is 10.6. The highest BCUT2D eigenvalue weighted by molar-refractivity contribution is 9.11. The van der Waals surface area contributed by atoms with Crippen molar-refractivity contribution in [2.24, 2.45) is 11.8 Å². The molecule has 254 valence electrons. The lowest BCUT2D eigenvalue weighted by Crippen LogP contribution is -2.56. The summed E-state index contributed by atoms with van der Waals surface area (Å²) in [6, 6.07) is 14.5. The number of carbonyl (C=O) groups excluding carboxylic acids is 4. The maximum Gasteiger partial charge on any atom is 0.313 e. The van der Waals surface area contributed by atoms with Gasteiger partial charge in [0.05, 0.1) is 22.7 Å². The van der Waals surface area contributed by atoms with Crippen LogP contribution in [0.5, 0.6) is 0 Å². The number of hydrogen-bond acceptors (Lipinski definition) is 7. The molecule has 10 nitrogen and oxygen atoms in total. The Hall–Kier alpha value is -3.51.